The van der Waals surface area contributed by atoms with Gasteiger partial charge in [-0.2, -0.15) is 0 Å². The summed E-state index contributed by atoms with van der Waals surface area (Å²) in [5.41, 5.74) is 3.95. The van der Waals surface area contributed by atoms with E-state index < -0.39 is 0 Å². The van der Waals surface area contributed by atoms with Gasteiger partial charge in [0, 0.05) is 23.1 Å². The zero-order chi connectivity index (χ0) is 15.0. The largest absolute Gasteiger partial charge is 0.508 e. The van der Waals surface area contributed by atoms with E-state index in [1.165, 1.54) is 5.56 Å². The van der Waals surface area contributed by atoms with Crippen LogP contribution < -0.4 is 0 Å². The number of benzene rings is 2. The zero-order valence-corrected chi connectivity index (χ0v) is 13.4. The minimum atomic E-state index is 0.0443. The Morgan fingerprint density at radius 3 is 2.81 bits per heavy atom. The summed E-state index contributed by atoms with van der Waals surface area (Å²) in [5, 5.41) is 9.60. The number of hydrogen-bond donors (Lipinski definition) is 1. The normalized spacial score (nSPS) is 13.9. The van der Waals surface area contributed by atoms with Crippen molar-refractivity contribution in [1.29, 1.82) is 0 Å². The summed E-state index contributed by atoms with van der Waals surface area (Å²) in [7, 11) is 0. The van der Waals surface area contributed by atoms with Gasteiger partial charge >= 0.3 is 0 Å². The summed E-state index contributed by atoms with van der Waals surface area (Å²) in [4.78, 5) is 14.6. The van der Waals surface area contributed by atoms with Gasteiger partial charge in [-0.25, -0.2) is 0 Å². The van der Waals surface area contributed by atoms with Crippen LogP contribution in [-0.2, 0) is 13.0 Å². The Balaban J connectivity index is 1.88. The molecule has 0 radical (unpaired) electrons. The molecule has 4 heteroatoms. The molecule has 0 spiro atoms. The third-order valence-corrected chi connectivity index (χ3v) is 4.41. The molecule has 108 valence electrons. The minimum absolute atomic E-state index is 0.0443. The number of nitrogens with zero attached hydrogens (tertiary/aromatic N) is 1. The lowest BCUT2D eigenvalue weighted by atomic mass is 9.98. The highest BCUT2D eigenvalue weighted by atomic mass is 79.9. The van der Waals surface area contributed by atoms with Gasteiger partial charge in [-0.3, -0.25) is 4.79 Å². The van der Waals surface area contributed by atoms with Crippen LogP contribution >= 0.6 is 15.9 Å². The highest BCUT2D eigenvalue weighted by Crippen LogP contribution is 2.25. The van der Waals surface area contributed by atoms with E-state index in [4.69, 9.17) is 0 Å². The second kappa shape index (κ2) is 5.53. The third kappa shape index (κ3) is 2.81. The van der Waals surface area contributed by atoms with E-state index in [1.54, 1.807) is 12.1 Å². The zero-order valence-electron chi connectivity index (χ0n) is 11.8. The summed E-state index contributed by atoms with van der Waals surface area (Å²) >= 11 is 3.42. The van der Waals surface area contributed by atoms with Gasteiger partial charge in [-0.1, -0.05) is 28.1 Å². The smallest absolute Gasteiger partial charge is 0.254 e. The molecular formula is C17H16BrNO2. The fourth-order valence-electron chi connectivity index (χ4n) is 2.71. The molecule has 0 aliphatic carbocycles. The van der Waals surface area contributed by atoms with E-state index in [9.17, 15) is 9.90 Å². The SMILES string of the molecule is Cc1ccc(Br)cc1C(=O)N1CCc2ccc(O)cc2C1. The standard InChI is InChI=1S/C17H16BrNO2/c1-11-2-4-14(18)9-16(11)17(21)19-7-6-12-3-5-15(20)8-13(12)10-19/h2-5,8-9,20H,6-7,10H2,1H3. The number of halogens is 1. The van der Waals surface area contributed by atoms with Crippen LogP contribution in [0, 0.1) is 6.92 Å². The number of hydrogen-bond acceptors (Lipinski definition) is 2. The van der Waals surface area contributed by atoms with Crippen LogP contribution in [0.5, 0.6) is 5.75 Å². The predicted octanol–water partition coefficient (Wildman–Crippen LogP) is 3.66. The molecule has 0 aromatic heterocycles. The molecule has 3 nitrogen and oxygen atoms in total. The number of carbonyl (C=O) groups is 1. The van der Waals surface area contributed by atoms with Gasteiger partial charge in [0.05, 0.1) is 0 Å². The Morgan fingerprint density at radius 1 is 1.19 bits per heavy atom. The Labute approximate surface area is 132 Å². The van der Waals surface area contributed by atoms with E-state index in [-0.39, 0.29) is 11.7 Å². The van der Waals surface area contributed by atoms with E-state index in [2.05, 4.69) is 15.9 Å². The first-order valence-electron chi connectivity index (χ1n) is 6.91. The summed E-state index contributed by atoms with van der Waals surface area (Å²) in [6, 6.07) is 11.2. The highest BCUT2D eigenvalue weighted by molar-refractivity contribution is 9.10. The Morgan fingerprint density at radius 2 is 2.00 bits per heavy atom. The number of aryl methyl sites for hydroxylation is 1. The summed E-state index contributed by atoms with van der Waals surface area (Å²) in [6.07, 6.45) is 0.828. The molecule has 3 rings (SSSR count). The quantitative estimate of drug-likeness (QED) is 0.856. The van der Waals surface area contributed by atoms with E-state index in [0.717, 1.165) is 27.6 Å². The Kier molecular flexibility index (Phi) is 3.72. The van der Waals surface area contributed by atoms with Crippen molar-refractivity contribution >= 4 is 21.8 Å². The molecule has 0 fully saturated rings. The van der Waals surface area contributed by atoms with Gasteiger partial charge < -0.3 is 10.0 Å². The fraction of sp³-hybridized carbons (Fsp3) is 0.235. The summed E-state index contributed by atoms with van der Waals surface area (Å²) in [5.74, 6) is 0.296. The first-order valence-corrected chi connectivity index (χ1v) is 7.70. The maximum Gasteiger partial charge on any atom is 0.254 e. The molecule has 0 saturated heterocycles. The number of phenols is 1. The van der Waals surface area contributed by atoms with Crippen LogP contribution in [0.3, 0.4) is 0 Å². The van der Waals surface area contributed by atoms with Crippen LogP contribution in [0.2, 0.25) is 0 Å². The maximum atomic E-state index is 12.7. The van der Waals surface area contributed by atoms with Gasteiger partial charge in [0.2, 0.25) is 0 Å². The summed E-state index contributed by atoms with van der Waals surface area (Å²) < 4.78 is 0.909. The van der Waals surface area contributed by atoms with Crippen molar-refractivity contribution in [1.82, 2.24) is 4.90 Å². The van der Waals surface area contributed by atoms with E-state index >= 15 is 0 Å². The molecule has 2 aromatic rings. The van der Waals surface area contributed by atoms with Crippen LogP contribution in [0.15, 0.2) is 40.9 Å². The first-order chi connectivity index (χ1) is 10.0. The number of fused-ring (bicyclic) bond motifs is 1. The average molecular weight is 346 g/mol. The lowest BCUT2D eigenvalue weighted by Crippen LogP contribution is -2.36. The predicted molar refractivity (Wildman–Crippen MR) is 85.4 cm³/mol. The molecule has 0 saturated carbocycles. The van der Waals surface area contributed by atoms with Crippen molar-refractivity contribution in [3.63, 3.8) is 0 Å². The van der Waals surface area contributed by atoms with Gasteiger partial charge in [-0.15, -0.1) is 0 Å². The maximum absolute atomic E-state index is 12.7. The third-order valence-electron chi connectivity index (χ3n) is 3.92. The molecule has 1 heterocycles. The minimum Gasteiger partial charge on any atom is -0.508 e. The molecule has 1 aliphatic heterocycles. The lowest BCUT2D eigenvalue weighted by Gasteiger charge is -2.29. The molecule has 1 aliphatic rings. The van der Waals surface area contributed by atoms with Gasteiger partial charge in [0.1, 0.15) is 5.75 Å². The lowest BCUT2D eigenvalue weighted by molar-refractivity contribution is 0.0733. The monoisotopic (exact) mass is 345 g/mol. The molecule has 0 unspecified atom stereocenters. The first kappa shape index (κ1) is 14.1. The van der Waals surface area contributed by atoms with Crippen LogP contribution in [0.25, 0.3) is 0 Å². The molecule has 1 N–H and O–H groups in total. The van der Waals surface area contributed by atoms with Crippen LogP contribution in [0.4, 0.5) is 0 Å². The molecule has 21 heavy (non-hydrogen) atoms. The van der Waals surface area contributed by atoms with Crippen molar-refractivity contribution in [3.8, 4) is 5.75 Å². The molecular weight excluding hydrogens is 330 g/mol. The molecule has 0 bridgehead atoms. The average Bonchev–Trinajstić information content (AvgIpc) is 2.48. The van der Waals surface area contributed by atoms with E-state index in [0.29, 0.717) is 13.1 Å². The Bertz CT molecular complexity index is 712. The number of amides is 1. The van der Waals surface area contributed by atoms with Gasteiger partial charge in [0.25, 0.3) is 5.91 Å². The number of rotatable bonds is 1. The number of phenolic OH excluding ortho intramolecular Hbond substituents is 1. The highest BCUT2D eigenvalue weighted by Gasteiger charge is 2.23. The van der Waals surface area contributed by atoms with Crippen LogP contribution in [0.1, 0.15) is 27.0 Å². The van der Waals surface area contributed by atoms with Crippen molar-refractivity contribution in [2.75, 3.05) is 6.54 Å². The molecule has 0 atom stereocenters. The Hall–Kier alpha value is -1.81. The van der Waals surface area contributed by atoms with Gasteiger partial charge in [0.15, 0.2) is 0 Å². The topological polar surface area (TPSA) is 40.5 Å². The van der Waals surface area contributed by atoms with Crippen molar-refractivity contribution < 1.29 is 9.90 Å². The van der Waals surface area contributed by atoms with E-state index in [1.807, 2.05) is 36.1 Å². The number of carbonyl (C=O) groups excluding carboxylic acids is 1. The number of aromatic hydroxyl groups is 1. The second-order valence-corrected chi connectivity index (χ2v) is 6.30. The van der Waals surface area contributed by atoms with Gasteiger partial charge in [-0.05, 0) is 54.3 Å². The fourth-order valence-corrected chi connectivity index (χ4v) is 3.07. The molecule has 2 aromatic carbocycles. The summed E-state index contributed by atoms with van der Waals surface area (Å²) in [6.45, 7) is 3.21. The van der Waals surface area contributed by atoms with Crippen LogP contribution in [-0.4, -0.2) is 22.5 Å². The molecule has 1 amide bonds. The van der Waals surface area contributed by atoms with Crippen molar-refractivity contribution in [2.45, 2.75) is 19.9 Å². The van der Waals surface area contributed by atoms with Crippen molar-refractivity contribution in [2.24, 2.45) is 0 Å². The second-order valence-electron chi connectivity index (χ2n) is 5.39. The van der Waals surface area contributed by atoms with Crippen molar-refractivity contribution in [3.05, 3.63) is 63.1 Å².